The second kappa shape index (κ2) is 6.14. The zero-order valence-corrected chi connectivity index (χ0v) is 11.6. The van der Waals surface area contributed by atoms with Crippen LogP contribution in [0.3, 0.4) is 0 Å². The van der Waals surface area contributed by atoms with E-state index in [0.29, 0.717) is 0 Å². The van der Waals surface area contributed by atoms with Gasteiger partial charge < -0.3 is 10.4 Å². The minimum Gasteiger partial charge on any atom is -0.478 e. The van der Waals surface area contributed by atoms with Gasteiger partial charge in [-0.15, -0.1) is 0 Å². The Bertz CT molecular complexity index is 587. The number of carboxylic acid groups (broad SMARTS) is 1. The second-order valence-electron chi connectivity index (χ2n) is 4.38. The number of carbonyl (C=O) groups is 1. The number of aryl methyl sites for hydroxylation is 2. The molecular formula is C15H17N3O2. The van der Waals surface area contributed by atoms with Crippen molar-refractivity contribution in [1.29, 1.82) is 0 Å². The molecule has 0 fully saturated rings. The fourth-order valence-electron chi connectivity index (χ4n) is 1.80. The number of anilines is 2. The van der Waals surface area contributed by atoms with Crippen molar-refractivity contribution >= 4 is 17.5 Å². The molecule has 0 aliphatic carbocycles. The molecule has 0 bridgehead atoms. The Morgan fingerprint density at radius 2 is 1.85 bits per heavy atom. The van der Waals surface area contributed by atoms with E-state index < -0.39 is 5.97 Å². The lowest BCUT2D eigenvalue weighted by Crippen LogP contribution is -2.03. The molecule has 0 spiro atoms. The average molecular weight is 271 g/mol. The van der Waals surface area contributed by atoms with E-state index >= 15 is 0 Å². The molecule has 1 aromatic carbocycles. The summed E-state index contributed by atoms with van der Waals surface area (Å²) in [5.74, 6) is 0.603. The number of nitrogens with one attached hydrogen (secondary N) is 1. The Labute approximate surface area is 117 Å². The molecule has 0 atom stereocenters. The van der Waals surface area contributed by atoms with Gasteiger partial charge in [-0.05, 0) is 30.7 Å². The Morgan fingerprint density at radius 1 is 1.15 bits per heavy atom. The van der Waals surface area contributed by atoms with Gasteiger partial charge in [-0.3, -0.25) is 0 Å². The van der Waals surface area contributed by atoms with Crippen molar-refractivity contribution in [3.8, 4) is 0 Å². The van der Waals surface area contributed by atoms with Gasteiger partial charge in [-0.2, -0.15) is 0 Å². The van der Waals surface area contributed by atoms with E-state index in [1.807, 2.05) is 19.9 Å². The highest BCUT2D eigenvalue weighted by molar-refractivity contribution is 5.88. The fraction of sp³-hybridized carbons (Fsp3) is 0.267. The minimum absolute atomic E-state index is 0.265. The Hall–Kier alpha value is -2.43. The standard InChI is InChI=1S/C15H17N3O2/c1-3-11-9-14(18-13(4-2)16-11)17-12-7-5-10(6-8-12)15(19)20/h5-9H,3-4H2,1-2H3,(H,19,20)(H,16,17,18). The summed E-state index contributed by atoms with van der Waals surface area (Å²) in [4.78, 5) is 19.6. The maximum Gasteiger partial charge on any atom is 0.335 e. The van der Waals surface area contributed by atoms with Crippen LogP contribution in [0.4, 0.5) is 11.5 Å². The van der Waals surface area contributed by atoms with Gasteiger partial charge in [-0.1, -0.05) is 13.8 Å². The first-order valence-electron chi connectivity index (χ1n) is 6.59. The molecule has 0 aliphatic heterocycles. The average Bonchev–Trinajstić information content (AvgIpc) is 2.47. The summed E-state index contributed by atoms with van der Waals surface area (Å²) >= 11 is 0. The zero-order valence-electron chi connectivity index (χ0n) is 11.6. The van der Waals surface area contributed by atoms with Crippen molar-refractivity contribution in [2.45, 2.75) is 26.7 Å². The molecule has 104 valence electrons. The van der Waals surface area contributed by atoms with Crippen LogP contribution in [0, 0.1) is 0 Å². The third-order valence-corrected chi connectivity index (χ3v) is 2.91. The van der Waals surface area contributed by atoms with Crippen LogP contribution in [0.5, 0.6) is 0 Å². The van der Waals surface area contributed by atoms with Crippen molar-refractivity contribution in [2.24, 2.45) is 0 Å². The molecule has 20 heavy (non-hydrogen) atoms. The quantitative estimate of drug-likeness (QED) is 0.874. The first-order chi connectivity index (χ1) is 9.62. The maximum atomic E-state index is 10.8. The van der Waals surface area contributed by atoms with Crippen LogP contribution < -0.4 is 5.32 Å². The van der Waals surface area contributed by atoms with Gasteiger partial charge in [0.15, 0.2) is 0 Å². The second-order valence-corrected chi connectivity index (χ2v) is 4.38. The highest BCUT2D eigenvalue weighted by Gasteiger charge is 2.05. The molecule has 5 heteroatoms. The van der Waals surface area contributed by atoms with Crippen LogP contribution in [0.15, 0.2) is 30.3 Å². The monoisotopic (exact) mass is 271 g/mol. The predicted molar refractivity (Wildman–Crippen MR) is 77.5 cm³/mol. The highest BCUT2D eigenvalue weighted by atomic mass is 16.4. The van der Waals surface area contributed by atoms with Gasteiger partial charge in [0, 0.05) is 23.9 Å². The van der Waals surface area contributed by atoms with Gasteiger partial charge in [0.2, 0.25) is 0 Å². The molecule has 0 radical (unpaired) electrons. The summed E-state index contributed by atoms with van der Waals surface area (Å²) in [6.45, 7) is 4.06. The van der Waals surface area contributed by atoms with E-state index in [-0.39, 0.29) is 5.56 Å². The minimum atomic E-state index is -0.930. The number of carboxylic acids is 1. The summed E-state index contributed by atoms with van der Waals surface area (Å²) in [6.07, 6.45) is 1.63. The normalized spacial score (nSPS) is 10.3. The third-order valence-electron chi connectivity index (χ3n) is 2.91. The lowest BCUT2D eigenvalue weighted by atomic mass is 10.2. The van der Waals surface area contributed by atoms with Crippen molar-refractivity contribution in [3.63, 3.8) is 0 Å². The van der Waals surface area contributed by atoms with Gasteiger partial charge >= 0.3 is 5.97 Å². The molecule has 2 N–H and O–H groups in total. The third kappa shape index (κ3) is 3.32. The Balaban J connectivity index is 2.22. The molecule has 0 aliphatic rings. The molecule has 0 unspecified atom stereocenters. The largest absolute Gasteiger partial charge is 0.478 e. The van der Waals surface area contributed by atoms with E-state index in [0.717, 1.165) is 35.9 Å². The Morgan fingerprint density at radius 3 is 2.40 bits per heavy atom. The van der Waals surface area contributed by atoms with Gasteiger partial charge in [0.25, 0.3) is 0 Å². The molecule has 5 nitrogen and oxygen atoms in total. The van der Waals surface area contributed by atoms with E-state index in [9.17, 15) is 4.79 Å². The molecule has 0 amide bonds. The van der Waals surface area contributed by atoms with Crippen LogP contribution in [-0.2, 0) is 12.8 Å². The molecule has 1 aromatic heterocycles. The van der Waals surface area contributed by atoms with Crippen LogP contribution in [0.2, 0.25) is 0 Å². The van der Waals surface area contributed by atoms with E-state index in [1.54, 1.807) is 24.3 Å². The highest BCUT2D eigenvalue weighted by Crippen LogP contribution is 2.17. The lowest BCUT2D eigenvalue weighted by Gasteiger charge is -2.09. The summed E-state index contributed by atoms with van der Waals surface area (Å²) < 4.78 is 0. The summed E-state index contributed by atoms with van der Waals surface area (Å²) in [5.41, 5.74) is 2.06. The summed E-state index contributed by atoms with van der Waals surface area (Å²) in [6, 6.07) is 8.48. The van der Waals surface area contributed by atoms with E-state index in [1.165, 1.54) is 0 Å². The van der Waals surface area contributed by atoms with Crippen LogP contribution >= 0.6 is 0 Å². The van der Waals surface area contributed by atoms with E-state index in [2.05, 4.69) is 15.3 Å². The van der Waals surface area contributed by atoms with E-state index in [4.69, 9.17) is 5.11 Å². The molecule has 0 saturated heterocycles. The number of benzene rings is 1. The van der Waals surface area contributed by atoms with Crippen LogP contribution in [0.25, 0.3) is 0 Å². The lowest BCUT2D eigenvalue weighted by molar-refractivity contribution is 0.0697. The smallest absolute Gasteiger partial charge is 0.335 e. The van der Waals surface area contributed by atoms with Crippen LogP contribution in [-0.4, -0.2) is 21.0 Å². The number of hydrogen-bond acceptors (Lipinski definition) is 4. The first-order valence-corrected chi connectivity index (χ1v) is 6.59. The number of aromatic carboxylic acids is 1. The molecule has 0 saturated carbocycles. The summed E-state index contributed by atoms with van der Waals surface area (Å²) in [7, 11) is 0. The topological polar surface area (TPSA) is 75.1 Å². The predicted octanol–water partition coefficient (Wildman–Crippen LogP) is 3.04. The fourth-order valence-corrected chi connectivity index (χ4v) is 1.80. The molecule has 1 heterocycles. The van der Waals surface area contributed by atoms with Crippen molar-refractivity contribution in [2.75, 3.05) is 5.32 Å². The molecule has 2 rings (SSSR count). The number of rotatable bonds is 5. The number of nitrogens with zero attached hydrogens (tertiary/aromatic N) is 2. The Kier molecular flexibility index (Phi) is 4.30. The SMILES string of the molecule is CCc1cc(Nc2ccc(C(=O)O)cc2)nc(CC)n1. The summed E-state index contributed by atoms with van der Waals surface area (Å²) in [5, 5.41) is 12.0. The molecular weight excluding hydrogens is 254 g/mol. The van der Waals surface area contributed by atoms with Gasteiger partial charge in [-0.25, -0.2) is 14.8 Å². The van der Waals surface area contributed by atoms with Gasteiger partial charge in [0.1, 0.15) is 11.6 Å². The van der Waals surface area contributed by atoms with Crippen molar-refractivity contribution in [3.05, 3.63) is 47.4 Å². The van der Waals surface area contributed by atoms with Crippen molar-refractivity contribution in [1.82, 2.24) is 9.97 Å². The van der Waals surface area contributed by atoms with Crippen LogP contribution in [0.1, 0.15) is 35.7 Å². The number of hydrogen-bond donors (Lipinski definition) is 2. The molecule has 2 aromatic rings. The van der Waals surface area contributed by atoms with Gasteiger partial charge in [0.05, 0.1) is 5.56 Å². The maximum absolute atomic E-state index is 10.8. The first kappa shape index (κ1) is 14.0. The van der Waals surface area contributed by atoms with Crippen molar-refractivity contribution < 1.29 is 9.90 Å². The number of aromatic nitrogens is 2. The zero-order chi connectivity index (χ0) is 14.5.